The third-order valence-electron chi connectivity index (χ3n) is 2.45. The molecule has 2 aromatic rings. The standard InChI is InChI=1S/C13H10BrF2N3O/c14-10-5-9(15)6-11(16)12(10)19-13(20)18-7-8-1-3-17-4-2-8/h1-6H,7H2,(H2,18,19,20). The lowest BCUT2D eigenvalue weighted by Gasteiger charge is -2.10. The van der Waals surface area contributed by atoms with Gasteiger partial charge in [0.2, 0.25) is 0 Å². The highest BCUT2D eigenvalue weighted by Gasteiger charge is 2.12. The Morgan fingerprint density at radius 2 is 1.95 bits per heavy atom. The van der Waals surface area contributed by atoms with E-state index in [9.17, 15) is 13.6 Å². The summed E-state index contributed by atoms with van der Waals surface area (Å²) < 4.78 is 26.6. The van der Waals surface area contributed by atoms with Gasteiger partial charge >= 0.3 is 6.03 Å². The number of carbonyl (C=O) groups excluding carboxylic acids is 1. The van der Waals surface area contributed by atoms with E-state index in [0.717, 1.165) is 11.6 Å². The minimum atomic E-state index is -0.851. The van der Waals surface area contributed by atoms with Crippen molar-refractivity contribution in [2.45, 2.75) is 6.54 Å². The van der Waals surface area contributed by atoms with Crippen LogP contribution in [0.4, 0.5) is 19.3 Å². The van der Waals surface area contributed by atoms with Crippen molar-refractivity contribution < 1.29 is 13.6 Å². The van der Waals surface area contributed by atoms with E-state index >= 15 is 0 Å². The fourth-order valence-corrected chi connectivity index (χ4v) is 2.01. The second-order valence-electron chi connectivity index (χ2n) is 3.91. The van der Waals surface area contributed by atoms with Crippen LogP contribution in [0.1, 0.15) is 5.56 Å². The molecule has 1 heterocycles. The average molecular weight is 342 g/mol. The number of hydrogen-bond acceptors (Lipinski definition) is 2. The van der Waals surface area contributed by atoms with E-state index in [0.29, 0.717) is 6.07 Å². The molecule has 0 saturated heterocycles. The van der Waals surface area contributed by atoms with Gasteiger partial charge < -0.3 is 10.6 Å². The SMILES string of the molecule is O=C(NCc1ccncc1)Nc1c(F)cc(F)cc1Br. The van der Waals surface area contributed by atoms with E-state index in [1.165, 1.54) is 0 Å². The van der Waals surface area contributed by atoms with E-state index in [1.54, 1.807) is 24.5 Å². The molecule has 0 spiro atoms. The first-order valence-electron chi connectivity index (χ1n) is 5.64. The lowest BCUT2D eigenvalue weighted by Crippen LogP contribution is -2.28. The highest BCUT2D eigenvalue weighted by atomic mass is 79.9. The molecular weight excluding hydrogens is 332 g/mol. The number of nitrogens with one attached hydrogen (secondary N) is 2. The number of anilines is 1. The molecule has 0 aliphatic carbocycles. The molecule has 0 aliphatic heterocycles. The largest absolute Gasteiger partial charge is 0.334 e. The van der Waals surface area contributed by atoms with Gasteiger partial charge in [0.25, 0.3) is 0 Å². The molecular formula is C13H10BrF2N3O. The van der Waals surface area contributed by atoms with Crippen molar-refractivity contribution in [3.63, 3.8) is 0 Å². The molecule has 0 atom stereocenters. The Hall–Kier alpha value is -2.02. The highest BCUT2D eigenvalue weighted by molar-refractivity contribution is 9.10. The quantitative estimate of drug-likeness (QED) is 0.898. The summed E-state index contributed by atoms with van der Waals surface area (Å²) in [6.07, 6.45) is 3.20. The van der Waals surface area contributed by atoms with Crippen molar-refractivity contribution in [1.82, 2.24) is 10.3 Å². The molecule has 1 aromatic heterocycles. The topological polar surface area (TPSA) is 54.0 Å². The second-order valence-corrected chi connectivity index (χ2v) is 4.76. The first-order valence-corrected chi connectivity index (χ1v) is 6.44. The van der Waals surface area contributed by atoms with Crippen LogP contribution in [-0.4, -0.2) is 11.0 Å². The Balaban J connectivity index is 1.98. The number of nitrogens with zero attached hydrogens (tertiary/aromatic N) is 1. The Bertz CT molecular complexity index is 599. The zero-order chi connectivity index (χ0) is 14.5. The molecule has 0 fully saturated rings. The molecule has 7 heteroatoms. The van der Waals surface area contributed by atoms with E-state index in [1.807, 2.05) is 0 Å². The van der Waals surface area contributed by atoms with Crippen LogP contribution in [0, 0.1) is 11.6 Å². The summed E-state index contributed by atoms with van der Waals surface area (Å²) in [5, 5.41) is 4.88. The maximum absolute atomic E-state index is 13.5. The summed E-state index contributed by atoms with van der Waals surface area (Å²) in [5.41, 5.74) is 0.743. The molecule has 2 amide bonds. The van der Waals surface area contributed by atoms with Crippen LogP contribution < -0.4 is 10.6 Å². The number of pyridine rings is 1. The lowest BCUT2D eigenvalue weighted by atomic mass is 10.3. The van der Waals surface area contributed by atoms with Crippen molar-refractivity contribution in [3.05, 3.63) is 58.3 Å². The summed E-state index contributed by atoms with van der Waals surface area (Å²) in [5.74, 6) is -1.58. The highest BCUT2D eigenvalue weighted by Crippen LogP contribution is 2.26. The summed E-state index contributed by atoms with van der Waals surface area (Å²) >= 11 is 2.99. The first-order chi connectivity index (χ1) is 9.56. The smallest absolute Gasteiger partial charge is 0.319 e. The summed E-state index contributed by atoms with van der Waals surface area (Å²) in [7, 11) is 0. The van der Waals surface area contributed by atoms with Crippen molar-refractivity contribution in [2.24, 2.45) is 0 Å². The van der Waals surface area contributed by atoms with Gasteiger partial charge in [0.05, 0.1) is 5.69 Å². The minimum Gasteiger partial charge on any atom is -0.334 e. The number of carbonyl (C=O) groups is 1. The summed E-state index contributed by atoms with van der Waals surface area (Å²) in [6, 6.07) is 4.67. The Morgan fingerprint density at radius 3 is 2.60 bits per heavy atom. The van der Waals surface area contributed by atoms with Gasteiger partial charge in [-0.2, -0.15) is 0 Å². The van der Waals surface area contributed by atoms with E-state index < -0.39 is 17.7 Å². The second kappa shape index (κ2) is 6.42. The van der Waals surface area contributed by atoms with Gasteiger partial charge in [0.1, 0.15) is 5.82 Å². The maximum atomic E-state index is 13.5. The molecule has 2 rings (SSSR count). The van der Waals surface area contributed by atoms with Crippen molar-refractivity contribution >= 4 is 27.6 Å². The van der Waals surface area contributed by atoms with Gasteiger partial charge in [-0.15, -0.1) is 0 Å². The summed E-state index contributed by atoms with van der Waals surface area (Å²) in [6.45, 7) is 0.273. The molecule has 0 unspecified atom stereocenters. The third-order valence-corrected chi connectivity index (χ3v) is 3.07. The normalized spacial score (nSPS) is 10.2. The van der Waals surface area contributed by atoms with Crippen LogP contribution in [0.25, 0.3) is 0 Å². The molecule has 4 nitrogen and oxygen atoms in total. The minimum absolute atomic E-state index is 0.112. The van der Waals surface area contributed by atoms with Gasteiger partial charge in [-0.25, -0.2) is 13.6 Å². The molecule has 0 radical (unpaired) electrons. The number of urea groups is 1. The van der Waals surface area contributed by atoms with Crippen LogP contribution in [0.5, 0.6) is 0 Å². The van der Waals surface area contributed by atoms with Crippen LogP contribution in [0.2, 0.25) is 0 Å². The van der Waals surface area contributed by atoms with Crippen molar-refractivity contribution in [1.29, 1.82) is 0 Å². The number of amides is 2. The number of benzene rings is 1. The molecule has 1 aromatic carbocycles. The molecule has 0 saturated carbocycles. The monoisotopic (exact) mass is 341 g/mol. The fourth-order valence-electron chi connectivity index (χ4n) is 1.50. The van der Waals surface area contributed by atoms with Gasteiger partial charge in [-0.3, -0.25) is 4.98 Å². The lowest BCUT2D eigenvalue weighted by molar-refractivity contribution is 0.251. The average Bonchev–Trinajstić information content (AvgIpc) is 2.42. The molecule has 0 bridgehead atoms. The number of aromatic nitrogens is 1. The molecule has 2 N–H and O–H groups in total. The van der Waals surface area contributed by atoms with Crippen molar-refractivity contribution in [2.75, 3.05) is 5.32 Å². The van der Waals surface area contributed by atoms with Gasteiger partial charge in [0, 0.05) is 29.5 Å². The first kappa shape index (κ1) is 14.4. The van der Waals surface area contributed by atoms with E-state index in [2.05, 4.69) is 31.5 Å². The van der Waals surface area contributed by atoms with Crippen molar-refractivity contribution in [3.8, 4) is 0 Å². The Labute approximate surface area is 122 Å². The molecule has 104 valence electrons. The maximum Gasteiger partial charge on any atom is 0.319 e. The number of hydrogen-bond donors (Lipinski definition) is 2. The third kappa shape index (κ3) is 3.74. The predicted molar refractivity (Wildman–Crippen MR) is 74.2 cm³/mol. The van der Waals surface area contributed by atoms with Gasteiger partial charge in [0.15, 0.2) is 5.82 Å². The predicted octanol–water partition coefficient (Wildman–Crippen LogP) is 3.44. The Kier molecular flexibility index (Phi) is 4.62. The zero-order valence-corrected chi connectivity index (χ0v) is 11.7. The fraction of sp³-hybridized carbons (Fsp3) is 0.0769. The van der Waals surface area contributed by atoms with Gasteiger partial charge in [-0.05, 0) is 39.7 Å². The summed E-state index contributed by atoms with van der Waals surface area (Å²) in [4.78, 5) is 15.5. The van der Waals surface area contributed by atoms with Gasteiger partial charge in [-0.1, -0.05) is 0 Å². The van der Waals surface area contributed by atoms with Crippen LogP contribution >= 0.6 is 15.9 Å². The van der Waals surface area contributed by atoms with Crippen LogP contribution in [0.15, 0.2) is 41.1 Å². The number of rotatable bonds is 3. The Morgan fingerprint density at radius 1 is 1.25 bits per heavy atom. The van der Waals surface area contributed by atoms with Crippen LogP contribution in [0.3, 0.4) is 0 Å². The molecule has 20 heavy (non-hydrogen) atoms. The zero-order valence-electron chi connectivity index (χ0n) is 10.2. The molecule has 0 aliphatic rings. The van der Waals surface area contributed by atoms with E-state index in [4.69, 9.17) is 0 Å². The van der Waals surface area contributed by atoms with Crippen LogP contribution in [-0.2, 0) is 6.54 Å². The number of halogens is 3. The van der Waals surface area contributed by atoms with E-state index in [-0.39, 0.29) is 16.7 Å².